The summed E-state index contributed by atoms with van der Waals surface area (Å²) < 4.78 is 0. The maximum Gasteiger partial charge on any atom is 0.254 e. The van der Waals surface area contributed by atoms with Gasteiger partial charge in [0, 0.05) is 42.7 Å². The molecule has 1 amide bonds. The van der Waals surface area contributed by atoms with Crippen molar-refractivity contribution in [2.75, 3.05) is 13.1 Å². The average Bonchev–Trinajstić information content (AvgIpc) is 3.17. The second-order valence-electron chi connectivity index (χ2n) is 6.18. The van der Waals surface area contributed by atoms with Gasteiger partial charge in [0.1, 0.15) is 0 Å². The van der Waals surface area contributed by atoms with Gasteiger partial charge in [0.2, 0.25) is 0 Å². The number of nitrogens with zero attached hydrogens (tertiary/aromatic N) is 2. The molecule has 4 rings (SSSR count). The molecule has 1 fully saturated rings. The van der Waals surface area contributed by atoms with Gasteiger partial charge < -0.3 is 4.90 Å². The fourth-order valence-electron chi connectivity index (χ4n) is 3.58. The summed E-state index contributed by atoms with van der Waals surface area (Å²) in [5.41, 5.74) is 2.09. The smallest absolute Gasteiger partial charge is 0.254 e. The van der Waals surface area contributed by atoms with E-state index in [4.69, 9.17) is 0 Å². The van der Waals surface area contributed by atoms with Crippen molar-refractivity contribution in [3.05, 3.63) is 57.8 Å². The van der Waals surface area contributed by atoms with E-state index in [2.05, 4.69) is 33.4 Å². The highest BCUT2D eigenvalue weighted by Gasteiger charge is 2.34. The second kappa shape index (κ2) is 5.86. The van der Waals surface area contributed by atoms with Gasteiger partial charge >= 0.3 is 0 Å². The molecule has 1 saturated heterocycles. The highest BCUT2D eigenvalue weighted by Crippen LogP contribution is 2.28. The first-order valence-corrected chi connectivity index (χ1v) is 8.83. The van der Waals surface area contributed by atoms with Gasteiger partial charge in [0.05, 0.1) is 0 Å². The quantitative estimate of drug-likeness (QED) is 0.867. The zero-order valence-corrected chi connectivity index (χ0v) is 13.4. The van der Waals surface area contributed by atoms with Crippen LogP contribution in [0.3, 0.4) is 0 Å². The third-order valence-electron chi connectivity index (χ3n) is 4.81. The van der Waals surface area contributed by atoms with Gasteiger partial charge in [-0.1, -0.05) is 24.3 Å². The van der Waals surface area contributed by atoms with Crippen LogP contribution >= 0.6 is 11.3 Å². The summed E-state index contributed by atoms with van der Waals surface area (Å²) in [5.74, 6) is 0.229. The maximum absolute atomic E-state index is 12.5. The number of rotatable bonds is 3. The van der Waals surface area contributed by atoms with E-state index in [9.17, 15) is 4.79 Å². The molecular weight excluding hydrogens is 292 g/mol. The first-order valence-electron chi connectivity index (χ1n) is 7.95. The van der Waals surface area contributed by atoms with E-state index in [1.54, 1.807) is 0 Å². The summed E-state index contributed by atoms with van der Waals surface area (Å²) in [5, 5.41) is 2.14. The van der Waals surface area contributed by atoms with Crippen LogP contribution in [0.25, 0.3) is 0 Å². The van der Waals surface area contributed by atoms with Crippen molar-refractivity contribution in [3.8, 4) is 0 Å². The van der Waals surface area contributed by atoms with E-state index in [1.165, 1.54) is 10.4 Å². The van der Waals surface area contributed by atoms with Crippen molar-refractivity contribution in [2.45, 2.75) is 32.0 Å². The first-order chi connectivity index (χ1) is 10.8. The van der Waals surface area contributed by atoms with Crippen LogP contribution in [0.5, 0.6) is 0 Å². The summed E-state index contributed by atoms with van der Waals surface area (Å²) >= 11 is 1.83. The number of hydrogen-bond donors (Lipinski definition) is 0. The molecule has 3 heterocycles. The molecule has 1 aromatic carbocycles. The van der Waals surface area contributed by atoms with E-state index in [0.29, 0.717) is 6.04 Å². The van der Waals surface area contributed by atoms with Gasteiger partial charge in [-0.3, -0.25) is 9.69 Å². The predicted molar refractivity (Wildman–Crippen MR) is 88.9 cm³/mol. The molecule has 0 atom stereocenters. The van der Waals surface area contributed by atoms with Crippen LogP contribution in [-0.4, -0.2) is 34.8 Å². The molecule has 2 aromatic rings. The molecule has 0 spiro atoms. The molecule has 2 aliphatic rings. The van der Waals surface area contributed by atoms with Crippen LogP contribution in [0.1, 0.15) is 33.6 Å². The summed E-state index contributed by atoms with van der Waals surface area (Å²) in [6, 6.07) is 12.8. The molecule has 0 saturated carbocycles. The molecule has 3 nitrogen and oxygen atoms in total. The van der Waals surface area contributed by atoms with Gasteiger partial charge in [0.25, 0.3) is 5.91 Å². The lowest BCUT2D eigenvalue weighted by Crippen LogP contribution is -2.44. The van der Waals surface area contributed by atoms with Crippen molar-refractivity contribution < 1.29 is 4.79 Å². The minimum Gasteiger partial charge on any atom is -0.331 e. The molecule has 114 valence electrons. The van der Waals surface area contributed by atoms with Gasteiger partial charge in [0.15, 0.2) is 0 Å². The largest absolute Gasteiger partial charge is 0.331 e. The van der Waals surface area contributed by atoms with Gasteiger partial charge in [-0.15, -0.1) is 11.3 Å². The second-order valence-corrected chi connectivity index (χ2v) is 7.21. The molecule has 0 radical (unpaired) electrons. The monoisotopic (exact) mass is 312 g/mol. The Bertz CT molecular complexity index is 659. The van der Waals surface area contributed by atoms with Crippen molar-refractivity contribution in [1.29, 1.82) is 0 Å². The number of benzene rings is 1. The summed E-state index contributed by atoms with van der Waals surface area (Å²) in [6.07, 6.45) is 2.18. The highest BCUT2D eigenvalue weighted by atomic mass is 32.1. The minimum atomic E-state index is 0.229. The summed E-state index contributed by atoms with van der Waals surface area (Å²) in [4.78, 5) is 18.6. The number of carbonyl (C=O) groups excluding carboxylic acids is 1. The molecule has 0 aliphatic carbocycles. The minimum absolute atomic E-state index is 0.229. The number of likely N-dealkylation sites (tertiary alicyclic amines) is 1. The van der Waals surface area contributed by atoms with Crippen LogP contribution in [-0.2, 0) is 13.1 Å². The van der Waals surface area contributed by atoms with Crippen molar-refractivity contribution in [2.24, 2.45) is 0 Å². The van der Waals surface area contributed by atoms with E-state index in [-0.39, 0.29) is 5.91 Å². The molecule has 4 heteroatoms. The predicted octanol–water partition coefficient (Wildman–Crippen LogP) is 3.37. The van der Waals surface area contributed by atoms with Crippen LogP contribution in [0.15, 0.2) is 41.8 Å². The summed E-state index contributed by atoms with van der Waals surface area (Å²) in [7, 11) is 0. The number of amides is 1. The average molecular weight is 312 g/mol. The number of fused-ring (bicyclic) bond motifs is 1. The lowest BCUT2D eigenvalue weighted by atomic mass is 10.0. The molecule has 0 N–H and O–H groups in total. The van der Waals surface area contributed by atoms with E-state index in [1.807, 2.05) is 29.5 Å². The lowest BCUT2D eigenvalue weighted by molar-refractivity contribution is 0.0591. The topological polar surface area (TPSA) is 23.6 Å². The first kappa shape index (κ1) is 14.0. The fourth-order valence-corrected chi connectivity index (χ4v) is 4.33. The van der Waals surface area contributed by atoms with Crippen molar-refractivity contribution >= 4 is 17.2 Å². The third kappa shape index (κ3) is 2.57. The number of hydrogen-bond acceptors (Lipinski definition) is 3. The van der Waals surface area contributed by atoms with Crippen molar-refractivity contribution in [3.63, 3.8) is 0 Å². The van der Waals surface area contributed by atoms with Crippen molar-refractivity contribution in [1.82, 2.24) is 9.80 Å². The summed E-state index contributed by atoms with van der Waals surface area (Å²) in [6.45, 7) is 4.02. The van der Waals surface area contributed by atoms with Crippen LogP contribution < -0.4 is 0 Å². The Hall–Kier alpha value is -1.65. The molecule has 0 bridgehead atoms. The zero-order valence-electron chi connectivity index (χ0n) is 12.6. The third-order valence-corrected chi connectivity index (χ3v) is 5.67. The Morgan fingerprint density at radius 2 is 1.91 bits per heavy atom. The van der Waals surface area contributed by atoms with Crippen LogP contribution in [0, 0.1) is 0 Å². The Balaban J connectivity index is 1.38. The number of piperidine rings is 1. The normalized spacial score (nSPS) is 19.6. The van der Waals surface area contributed by atoms with E-state index < -0.39 is 0 Å². The van der Waals surface area contributed by atoms with Gasteiger partial charge in [-0.25, -0.2) is 0 Å². The molecular formula is C18H20N2OS. The Kier molecular flexibility index (Phi) is 3.72. The van der Waals surface area contributed by atoms with Gasteiger partial charge in [-0.2, -0.15) is 0 Å². The number of thiophene rings is 1. The van der Waals surface area contributed by atoms with E-state index >= 15 is 0 Å². The molecule has 1 aromatic heterocycles. The lowest BCUT2D eigenvalue weighted by Gasteiger charge is -2.36. The van der Waals surface area contributed by atoms with Crippen LogP contribution in [0.4, 0.5) is 0 Å². The Morgan fingerprint density at radius 3 is 2.64 bits per heavy atom. The molecule has 22 heavy (non-hydrogen) atoms. The highest BCUT2D eigenvalue weighted by molar-refractivity contribution is 7.09. The Morgan fingerprint density at radius 1 is 1.09 bits per heavy atom. The zero-order chi connectivity index (χ0) is 14.9. The van der Waals surface area contributed by atoms with E-state index in [0.717, 1.165) is 44.6 Å². The SMILES string of the molecule is O=C1c2ccccc2CN1C1CCN(Cc2cccs2)CC1. The standard InChI is InChI=1S/C18H20N2OS/c21-18-17-6-2-1-4-14(17)12-20(18)15-7-9-19(10-8-15)13-16-5-3-11-22-16/h1-6,11,15H,7-10,12-13H2. The molecule has 2 aliphatic heterocycles. The van der Waals surface area contributed by atoms with Gasteiger partial charge in [-0.05, 0) is 35.9 Å². The number of carbonyl (C=O) groups is 1. The molecule has 0 unspecified atom stereocenters. The van der Waals surface area contributed by atoms with Crippen LogP contribution in [0.2, 0.25) is 0 Å². The fraction of sp³-hybridized carbons (Fsp3) is 0.389. The Labute approximate surface area is 135 Å². The maximum atomic E-state index is 12.5.